The zero-order valence-corrected chi connectivity index (χ0v) is 9.46. The van der Waals surface area contributed by atoms with Crippen LogP contribution < -0.4 is 10.6 Å². The van der Waals surface area contributed by atoms with E-state index in [4.69, 9.17) is 5.73 Å². The van der Waals surface area contributed by atoms with E-state index in [0.29, 0.717) is 6.54 Å². The molecule has 2 nitrogen and oxygen atoms in total. The van der Waals surface area contributed by atoms with Gasteiger partial charge in [-0.25, -0.2) is 4.39 Å². The number of unbranched alkanes of at least 4 members (excludes halogenated alkanes) is 1. The van der Waals surface area contributed by atoms with Crippen LogP contribution >= 0.6 is 0 Å². The minimum absolute atomic E-state index is 0.212. The molecule has 0 atom stereocenters. The first-order valence-electron chi connectivity index (χ1n) is 5.38. The summed E-state index contributed by atoms with van der Waals surface area (Å²) in [5.74, 6) is -0.212. The Morgan fingerprint density at radius 1 is 1.33 bits per heavy atom. The van der Waals surface area contributed by atoms with Gasteiger partial charge in [-0.1, -0.05) is 13.3 Å². The molecule has 1 rings (SSSR count). The lowest BCUT2D eigenvalue weighted by molar-refractivity contribution is 0.624. The quantitative estimate of drug-likeness (QED) is 0.809. The van der Waals surface area contributed by atoms with Crippen molar-refractivity contribution in [2.75, 3.05) is 18.5 Å². The van der Waals surface area contributed by atoms with Crippen LogP contribution in [-0.2, 0) is 6.54 Å². The van der Waals surface area contributed by atoms with Gasteiger partial charge in [0.2, 0.25) is 0 Å². The summed E-state index contributed by atoms with van der Waals surface area (Å²) in [6.45, 7) is 3.47. The molecule has 0 aliphatic rings. The highest BCUT2D eigenvalue weighted by Gasteiger charge is 2.04. The average Bonchev–Trinajstić information content (AvgIpc) is 2.24. The number of hydrogen-bond donors (Lipinski definition) is 1. The maximum absolute atomic E-state index is 13.2. The van der Waals surface area contributed by atoms with Gasteiger partial charge in [0.15, 0.2) is 0 Å². The van der Waals surface area contributed by atoms with Crippen molar-refractivity contribution in [3.8, 4) is 0 Å². The Labute approximate surface area is 90.9 Å². The maximum atomic E-state index is 13.2. The van der Waals surface area contributed by atoms with Crippen molar-refractivity contribution in [1.82, 2.24) is 0 Å². The molecule has 0 unspecified atom stereocenters. The van der Waals surface area contributed by atoms with E-state index in [1.165, 1.54) is 6.07 Å². The number of nitrogens with two attached hydrogens (primary N) is 1. The van der Waals surface area contributed by atoms with E-state index in [1.54, 1.807) is 6.07 Å². The number of benzene rings is 1. The molecule has 0 amide bonds. The van der Waals surface area contributed by atoms with Crippen molar-refractivity contribution in [3.63, 3.8) is 0 Å². The van der Waals surface area contributed by atoms with Gasteiger partial charge >= 0.3 is 0 Å². The third-order valence-corrected chi connectivity index (χ3v) is 2.47. The molecule has 3 heteroatoms. The van der Waals surface area contributed by atoms with Crippen LogP contribution in [0, 0.1) is 5.82 Å². The topological polar surface area (TPSA) is 29.3 Å². The second kappa shape index (κ2) is 5.71. The van der Waals surface area contributed by atoms with Crippen molar-refractivity contribution in [3.05, 3.63) is 29.6 Å². The molecule has 0 spiro atoms. The lowest BCUT2D eigenvalue weighted by atomic mass is 10.2. The molecular formula is C12H19FN2. The molecule has 0 saturated heterocycles. The molecule has 15 heavy (non-hydrogen) atoms. The Morgan fingerprint density at radius 2 is 2.07 bits per heavy atom. The zero-order valence-electron chi connectivity index (χ0n) is 9.46. The summed E-state index contributed by atoms with van der Waals surface area (Å²) in [7, 11) is 1.98. The van der Waals surface area contributed by atoms with Gasteiger partial charge in [0.05, 0.1) is 0 Å². The Balaban J connectivity index is 2.78. The van der Waals surface area contributed by atoms with Crippen LogP contribution in [0.2, 0.25) is 0 Å². The molecule has 84 valence electrons. The van der Waals surface area contributed by atoms with Crippen molar-refractivity contribution in [2.45, 2.75) is 26.3 Å². The highest BCUT2D eigenvalue weighted by molar-refractivity contribution is 5.48. The van der Waals surface area contributed by atoms with E-state index in [2.05, 4.69) is 11.8 Å². The van der Waals surface area contributed by atoms with Crippen LogP contribution in [0.1, 0.15) is 25.3 Å². The number of nitrogens with zero attached hydrogens (tertiary/aromatic N) is 1. The smallest absolute Gasteiger partial charge is 0.125 e. The van der Waals surface area contributed by atoms with Gasteiger partial charge in [0.25, 0.3) is 0 Å². The second-order valence-electron chi connectivity index (χ2n) is 3.80. The standard InChI is InChI=1S/C12H19FN2/c1-3-4-5-15(2)12-7-10(9-14)6-11(13)8-12/h6-8H,3-5,9,14H2,1-2H3. The molecule has 0 fully saturated rings. The van der Waals surface area contributed by atoms with Gasteiger partial charge in [0, 0.05) is 25.8 Å². The normalized spacial score (nSPS) is 10.4. The molecule has 0 aromatic heterocycles. The van der Waals surface area contributed by atoms with Crippen LogP contribution in [0.15, 0.2) is 18.2 Å². The highest BCUT2D eigenvalue weighted by Crippen LogP contribution is 2.17. The zero-order chi connectivity index (χ0) is 11.3. The molecule has 0 radical (unpaired) electrons. The van der Waals surface area contributed by atoms with Crippen molar-refractivity contribution in [1.29, 1.82) is 0 Å². The first-order chi connectivity index (χ1) is 7.17. The number of anilines is 1. The Bertz CT molecular complexity index is 312. The number of hydrogen-bond acceptors (Lipinski definition) is 2. The van der Waals surface area contributed by atoms with Crippen molar-refractivity contribution >= 4 is 5.69 Å². The van der Waals surface area contributed by atoms with Crippen LogP contribution in [0.25, 0.3) is 0 Å². The Morgan fingerprint density at radius 3 is 2.67 bits per heavy atom. The summed E-state index contributed by atoms with van der Waals surface area (Å²) in [6, 6.07) is 4.98. The summed E-state index contributed by atoms with van der Waals surface area (Å²) >= 11 is 0. The third-order valence-electron chi connectivity index (χ3n) is 2.47. The van der Waals surface area contributed by atoms with Crippen molar-refractivity contribution in [2.24, 2.45) is 5.73 Å². The minimum atomic E-state index is -0.212. The van der Waals surface area contributed by atoms with E-state index in [-0.39, 0.29) is 5.82 Å². The van der Waals surface area contributed by atoms with Crippen LogP contribution in [0.4, 0.5) is 10.1 Å². The fraction of sp³-hybridized carbons (Fsp3) is 0.500. The molecule has 1 aromatic carbocycles. The number of rotatable bonds is 5. The molecule has 1 aromatic rings. The lowest BCUT2D eigenvalue weighted by Crippen LogP contribution is -2.18. The third kappa shape index (κ3) is 3.51. The first kappa shape index (κ1) is 12.0. The van der Waals surface area contributed by atoms with Crippen LogP contribution in [-0.4, -0.2) is 13.6 Å². The Kier molecular flexibility index (Phi) is 4.56. The molecule has 0 heterocycles. The minimum Gasteiger partial charge on any atom is -0.375 e. The molecule has 0 bridgehead atoms. The van der Waals surface area contributed by atoms with E-state index in [0.717, 1.165) is 30.6 Å². The summed E-state index contributed by atoms with van der Waals surface area (Å²) in [4.78, 5) is 2.06. The van der Waals surface area contributed by atoms with E-state index in [9.17, 15) is 4.39 Å². The lowest BCUT2D eigenvalue weighted by Gasteiger charge is -2.19. The predicted molar refractivity (Wildman–Crippen MR) is 62.5 cm³/mol. The molecule has 2 N–H and O–H groups in total. The molecule has 0 aliphatic heterocycles. The largest absolute Gasteiger partial charge is 0.375 e. The molecule has 0 aliphatic carbocycles. The Hall–Kier alpha value is -1.09. The molecule has 0 saturated carbocycles. The van der Waals surface area contributed by atoms with Gasteiger partial charge in [-0.2, -0.15) is 0 Å². The summed E-state index contributed by atoms with van der Waals surface area (Å²) in [5, 5.41) is 0. The fourth-order valence-corrected chi connectivity index (χ4v) is 1.50. The van der Waals surface area contributed by atoms with Gasteiger partial charge in [-0.15, -0.1) is 0 Å². The maximum Gasteiger partial charge on any atom is 0.125 e. The summed E-state index contributed by atoms with van der Waals surface area (Å²) < 4.78 is 13.2. The van der Waals surface area contributed by atoms with Gasteiger partial charge in [-0.05, 0) is 30.2 Å². The van der Waals surface area contributed by atoms with Gasteiger partial charge < -0.3 is 10.6 Å². The first-order valence-corrected chi connectivity index (χ1v) is 5.38. The SMILES string of the molecule is CCCCN(C)c1cc(F)cc(CN)c1. The van der Waals surface area contributed by atoms with Crippen LogP contribution in [0.3, 0.4) is 0 Å². The monoisotopic (exact) mass is 210 g/mol. The van der Waals surface area contributed by atoms with E-state index < -0.39 is 0 Å². The fourth-order valence-electron chi connectivity index (χ4n) is 1.50. The van der Waals surface area contributed by atoms with Crippen molar-refractivity contribution < 1.29 is 4.39 Å². The molecular weight excluding hydrogens is 191 g/mol. The summed E-state index contributed by atoms with van der Waals surface area (Å²) in [5.41, 5.74) is 7.25. The summed E-state index contributed by atoms with van der Waals surface area (Å²) in [6.07, 6.45) is 2.26. The second-order valence-corrected chi connectivity index (χ2v) is 3.80. The average molecular weight is 210 g/mol. The predicted octanol–water partition coefficient (Wildman–Crippen LogP) is 2.52. The highest BCUT2D eigenvalue weighted by atomic mass is 19.1. The van der Waals surface area contributed by atoms with Gasteiger partial charge in [-0.3, -0.25) is 0 Å². The number of halogens is 1. The van der Waals surface area contributed by atoms with E-state index >= 15 is 0 Å². The van der Waals surface area contributed by atoms with Crippen LogP contribution in [0.5, 0.6) is 0 Å². The van der Waals surface area contributed by atoms with E-state index in [1.807, 2.05) is 13.1 Å². The van der Waals surface area contributed by atoms with Gasteiger partial charge in [0.1, 0.15) is 5.82 Å².